The van der Waals surface area contributed by atoms with Gasteiger partial charge in [-0.3, -0.25) is 19.2 Å². The molecule has 0 aromatic heterocycles. The number of nitrogens with two attached hydrogens (primary N) is 1. The van der Waals surface area contributed by atoms with Gasteiger partial charge in [-0.2, -0.15) is 0 Å². The highest BCUT2D eigenvalue weighted by Gasteiger charge is 2.33. The first-order valence-corrected chi connectivity index (χ1v) is 15.6. The van der Waals surface area contributed by atoms with Gasteiger partial charge in [0.2, 0.25) is 18.1 Å². The topological polar surface area (TPSA) is 151 Å². The molecule has 0 aromatic carbocycles. The highest BCUT2D eigenvalue weighted by molar-refractivity contribution is 6.38. The van der Waals surface area contributed by atoms with Crippen molar-refractivity contribution >= 4 is 30.0 Å². The van der Waals surface area contributed by atoms with Crippen LogP contribution in [0.5, 0.6) is 0 Å². The molecule has 1 aliphatic carbocycles. The van der Waals surface area contributed by atoms with Crippen LogP contribution < -0.4 is 21.7 Å². The third kappa shape index (κ3) is 19.7. The molecule has 1 heterocycles. The Morgan fingerprint density at radius 3 is 2.07 bits per heavy atom. The first-order chi connectivity index (χ1) is 20.2. The molecule has 0 spiro atoms. The monoisotopic (exact) mass is 593 g/mol. The van der Waals surface area contributed by atoms with E-state index >= 15 is 0 Å². The van der Waals surface area contributed by atoms with Crippen molar-refractivity contribution in [3.8, 4) is 12.3 Å². The van der Waals surface area contributed by atoms with Gasteiger partial charge < -0.3 is 26.6 Å². The molecule has 242 valence electrons. The minimum Gasteiger partial charge on any atom is -0.352 e. The minimum atomic E-state index is -1.00. The molecule has 0 bridgehead atoms. The molecule has 2 fully saturated rings. The van der Waals surface area contributed by atoms with Crippen LogP contribution in [0.15, 0.2) is 12.7 Å². The average molecular weight is 594 g/mol. The fraction of sp³-hybridized carbons (Fsp3) is 0.719. The molecular weight excluding hydrogens is 534 g/mol. The SMILES string of the molecule is C#CCCC(NC(=O)C1CCCN1C=O)C(=O)C(=O)NCC=C.CC.CC.CC(NC(N)=O)C1CCCCC1.CCC. The molecule has 10 heteroatoms. The Kier molecular flexibility index (Phi) is 29.9. The Labute approximate surface area is 255 Å². The number of amides is 5. The van der Waals surface area contributed by atoms with Crippen molar-refractivity contribution in [3.05, 3.63) is 12.7 Å². The number of nitrogens with zero attached hydrogens (tertiary/aromatic N) is 1. The van der Waals surface area contributed by atoms with E-state index in [0.29, 0.717) is 25.3 Å². The Balaban J connectivity index is -0.000000668. The second kappa shape index (κ2) is 29.2. The summed E-state index contributed by atoms with van der Waals surface area (Å²) in [7, 11) is 0. The Hall–Kier alpha value is -3.35. The summed E-state index contributed by atoms with van der Waals surface area (Å²) in [6, 6.07) is -1.75. The van der Waals surface area contributed by atoms with E-state index in [-0.39, 0.29) is 25.4 Å². The number of Topliss-reactive ketones (excluding diaryl/α,β-unsaturated/α-hetero) is 1. The van der Waals surface area contributed by atoms with Crippen LogP contribution in [0.4, 0.5) is 4.79 Å². The van der Waals surface area contributed by atoms with Gasteiger partial charge in [-0.15, -0.1) is 18.9 Å². The van der Waals surface area contributed by atoms with Gasteiger partial charge in [0, 0.05) is 25.6 Å². The normalized spacial score (nSPS) is 16.6. The third-order valence-electron chi connectivity index (χ3n) is 6.30. The molecule has 10 nitrogen and oxygen atoms in total. The standard InChI is InChI=1S/C16H21N3O4.C9H18N2O.C3H8.2C2H6/c1-3-5-7-12(14(21)16(23)17-9-4-2)18-15(22)13-8-6-10-19(13)11-20;1-7(11-9(10)12)8-5-3-2-4-6-8;1-3-2;2*1-2/h1,4,11-13H,2,5-10H2,(H,17,23)(H,18,22);7-8H,2-6H2,1H3,(H3,10,11,12);3H2,1-2H3;2*1-2H3. The summed E-state index contributed by atoms with van der Waals surface area (Å²) in [5.74, 6) is 1.02. The van der Waals surface area contributed by atoms with Gasteiger partial charge in [-0.1, -0.05) is 73.3 Å². The van der Waals surface area contributed by atoms with Crippen molar-refractivity contribution in [2.75, 3.05) is 13.1 Å². The second-order valence-corrected chi connectivity index (χ2v) is 9.57. The number of ketones is 1. The number of urea groups is 1. The highest BCUT2D eigenvalue weighted by Crippen LogP contribution is 2.26. The van der Waals surface area contributed by atoms with E-state index in [1.54, 1.807) is 0 Å². The van der Waals surface area contributed by atoms with E-state index in [9.17, 15) is 24.0 Å². The van der Waals surface area contributed by atoms with E-state index in [0.717, 1.165) is 6.42 Å². The largest absolute Gasteiger partial charge is 0.352 e. The van der Waals surface area contributed by atoms with E-state index < -0.39 is 35.7 Å². The van der Waals surface area contributed by atoms with Gasteiger partial charge in [0.05, 0.1) is 6.04 Å². The van der Waals surface area contributed by atoms with Crippen molar-refractivity contribution in [1.29, 1.82) is 0 Å². The zero-order valence-electron chi connectivity index (χ0n) is 27.3. The predicted molar refractivity (Wildman–Crippen MR) is 171 cm³/mol. The lowest BCUT2D eigenvalue weighted by atomic mass is 9.85. The van der Waals surface area contributed by atoms with Crippen LogP contribution in [0, 0.1) is 18.3 Å². The molecule has 5 N–H and O–H groups in total. The van der Waals surface area contributed by atoms with Gasteiger partial charge in [0.25, 0.3) is 5.91 Å². The van der Waals surface area contributed by atoms with Gasteiger partial charge in [0.15, 0.2) is 0 Å². The van der Waals surface area contributed by atoms with Crippen molar-refractivity contribution in [2.45, 2.75) is 131 Å². The first kappa shape index (κ1) is 43.1. The van der Waals surface area contributed by atoms with Crippen molar-refractivity contribution in [3.63, 3.8) is 0 Å². The maximum absolute atomic E-state index is 12.3. The number of hydrogen-bond donors (Lipinski definition) is 4. The molecule has 2 rings (SSSR count). The van der Waals surface area contributed by atoms with Gasteiger partial charge in [0.1, 0.15) is 6.04 Å². The van der Waals surface area contributed by atoms with Crippen LogP contribution >= 0.6 is 0 Å². The number of carbonyl (C=O) groups is 5. The highest BCUT2D eigenvalue weighted by atomic mass is 16.2. The summed E-state index contributed by atoms with van der Waals surface area (Å²) >= 11 is 0. The lowest BCUT2D eigenvalue weighted by molar-refractivity contribution is -0.140. The third-order valence-corrected chi connectivity index (χ3v) is 6.30. The maximum atomic E-state index is 12.3. The zero-order valence-corrected chi connectivity index (χ0v) is 27.3. The molecule has 5 amide bonds. The molecule has 2 aliphatic rings. The summed E-state index contributed by atoms with van der Waals surface area (Å²) in [6.07, 6.45) is 16.6. The zero-order chi connectivity index (χ0) is 32.9. The van der Waals surface area contributed by atoms with E-state index in [4.69, 9.17) is 12.2 Å². The smallest absolute Gasteiger partial charge is 0.312 e. The molecule has 0 radical (unpaired) electrons. The molecule has 3 unspecified atom stereocenters. The van der Waals surface area contributed by atoms with Crippen molar-refractivity contribution in [1.82, 2.24) is 20.9 Å². The fourth-order valence-corrected chi connectivity index (χ4v) is 4.35. The Bertz CT molecular complexity index is 806. The molecule has 0 aromatic rings. The average Bonchev–Trinajstić information content (AvgIpc) is 3.50. The van der Waals surface area contributed by atoms with E-state index in [2.05, 4.69) is 42.3 Å². The summed E-state index contributed by atoms with van der Waals surface area (Å²) in [6.45, 7) is 18.4. The van der Waals surface area contributed by atoms with Crippen LogP contribution in [-0.2, 0) is 19.2 Å². The van der Waals surface area contributed by atoms with Gasteiger partial charge in [-0.05, 0) is 44.9 Å². The fourth-order valence-electron chi connectivity index (χ4n) is 4.35. The lowest BCUT2D eigenvalue weighted by Gasteiger charge is -2.27. The van der Waals surface area contributed by atoms with Gasteiger partial charge in [-0.25, -0.2) is 4.79 Å². The van der Waals surface area contributed by atoms with E-state index in [1.165, 1.54) is 49.5 Å². The number of nitrogens with one attached hydrogen (secondary N) is 3. The number of hydrogen-bond acceptors (Lipinski definition) is 5. The number of terminal acetylenes is 1. The van der Waals surface area contributed by atoms with Gasteiger partial charge >= 0.3 is 6.03 Å². The Morgan fingerprint density at radius 2 is 1.60 bits per heavy atom. The number of carbonyl (C=O) groups excluding carboxylic acids is 5. The quantitative estimate of drug-likeness (QED) is 0.121. The van der Waals surface area contributed by atoms with Crippen LogP contribution in [0.25, 0.3) is 0 Å². The number of likely N-dealkylation sites (tertiary alicyclic amines) is 1. The molecule has 1 saturated carbocycles. The molecule has 1 saturated heterocycles. The molecule has 3 atom stereocenters. The van der Waals surface area contributed by atoms with Crippen LogP contribution in [0.1, 0.15) is 113 Å². The number of primary amides is 1. The molecule has 42 heavy (non-hydrogen) atoms. The Morgan fingerprint density at radius 1 is 1.02 bits per heavy atom. The lowest BCUT2D eigenvalue weighted by Crippen LogP contribution is -2.52. The summed E-state index contributed by atoms with van der Waals surface area (Å²) in [5.41, 5.74) is 5.05. The van der Waals surface area contributed by atoms with Crippen LogP contribution in [0.3, 0.4) is 0 Å². The summed E-state index contributed by atoms with van der Waals surface area (Å²) in [4.78, 5) is 59.0. The molecular formula is C32H59N5O5. The summed E-state index contributed by atoms with van der Waals surface area (Å²) in [5, 5.41) is 7.67. The summed E-state index contributed by atoms with van der Waals surface area (Å²) < 4.78 is 0. The van der Waals surface area contributed by atoms with Crippen molar-refractivity contribution < 1.29 is 24.0 Å². The first-order valence-electron chi connectivity index (χ1n) is 15.6. The van der Waals surface area contributed by atoms with E-state index in [1.807, 2.05) is 34.6 Å². The maximum Gasteiger partial charge on any atom is 0.312 e. The number of rotatable bonds is 11. The second-order valence-electron chi connectivity index (χ2n) is 9.57. The van der Waals surface area contributed by atoms with Crippen LogP contribution in [-0.4, -0.2) is 66.2 Å². The predicted octanol–water partition coefficient (Wildman–Crippen LogP) is 4.47. The van der Waals surface area contributed by atoms with Crippen LogP contribution in [0.2, 0.25) is 0 Å². The van der Waals surface area contributed by atoms with Crippen molar-refractivity contribution in [2.24, 2.45) is 11.7 Å². The minimum absolute atomic E-state index is 0.155. The molecule has 1 aliphatic heterocycles.